The molecule has 1 aromatic carbocycles. The zero-order valence-corrected chi connectivity index (χ0v) is 12.7. The van der Waals surface area contributed by atoms with Crippen LogP contribution in [-0.2, 0) is 14.3 Å². The SMILES string of the molecule is O=C(COc1ccccc1)C1=NNC(C(=O)N2CCOCC2)C1. The van der Waals surface area contributed by atoms with E-state index in [0.29, 0.717) is 44.2 Å². The van der Waals surface area contributed by atoms with Crippen molar-refractivity contribution < 1.29 is 19.1 Å². The zero-order chi connectivity index (χ0) is 16.1. The first-order valence-corrected chi connectivity index (χ1v) is 7.64. The molecule has 0 radical (unpaired) electrons. The van der Waals surface area contributed by atoms with E-state index in [1.54, 1.807) is 17.0 Å². The summed E-state index contributed by atoms with van der Waals surface area (Å²) in [5.74, 6) is 0.385. The summed E-state index contributed by atoms with van der Waals surface area (Å²) in [6.07, 6.45) is 0.299. The number of Topliss-reactive ketones (excluding diaryl/α,β-unsaturated/α-hetero) is 1. The molecular weight excluding hydrogens is 298 g/mol. The number of nitrogens with one attached hydrogen (secondary N) is 1. The zero-order valence-electron chi connectivity index (χ0n) is 12.7. The first-order valence-electron chi connectivity index (χ1n) is 7.64. The van der Waals surface area contributed by atoms with Crippen LogP contribution >= 0.6 is 0 Å². The van der Waals surface area contributed by atoms with E-state index in [0.717, 1.165) is 0 Å². The van der Waals surface area contributed by atoms with Crippen molar-refractivity contribution in [1.29, 1.82) is 0 Å². The second-order valence-electron chi connectivity index (χ2n) is 5.41. The van der Waals surface area contributed by atoms with Gasteiger partial charge in [0.2, 0.25) is 11.7 Å². The fourth-order valence-corrected chi connectivity index (χ4v) is 2.51. The van der Waals surface area contributed by atoms with Gasteiger partial charge in [-0.15, -0.1) is 0 Å². The van der Waals surface area contributed by atoms with E-state index in [9.17, 15) is 9.59 Å². The molecule has 0 saturated carbocycles. The van der Waals surface area contributed by atoms with Crippen molar-refractivity contribution in [2.45, 2.75) is 12.5 Å². The topological polar surface area (TPSA) is 80.2 Å². The minimum absolute atomic E-state index is 0.0381. The van der Waals surface area contributed by atoms with E-state index in [4.69, 9.17) is 9.47 Å². The maximum Gasteiger partial charge on any atom is 0.247 e. The number of ketones is 1. The van der Waals surface area contributed by atoms with Gasteiger partial charge in [-0.25, -0.2) is 0 Å². The summed E-state index contributed by atoms with van der Waals surface area (Å²) in [5, 5.41) is 4.00. The molecule has 1 amide bonds. The van der Waals surface area contributed by atoms with Gasteiger partial charge in [-0.3, -0.25) is 15.0 Å². The summed E-state index contributed by atoms with van der Waals surface area (Å²) in [6.45, 7) is 2.18. The lowest BCUT2D eigenvalue weighted by atomic mass is 10.1. The van der Waals surface area contributed by atoms with Gasteiger partial charge in [-0.1, -0.05) is 18.2 Å². The number of hydrogen-bond donors (Lipinski definition) is 1. The Morgan fingerprint density at radius 2 is 2.00 bits per heavy atom. The predicted molar refractivity (Wildman–Crippen MR) is 83.3 cm³/mol. The van der Waals surface area contributed by atoms with Crippen LogP contribution in [0.5, 0.6) is 5.75 Å². The smallest absolute Gasteiger partial charge is 0.247 e. The second kappa shape index (κ2) is 7.23. The number of amides is 1. The highest BCUT2D eigenvalue weighted by Crippen LogP contribution is 2.12. The Kier molecular flexibility index (Phi) is 4.87. The lowest BCUT2D eigenvalue weighted by Gasteiger charge is -2.28. The van der Waals surface area contributed by atoms with Gasteiger partial charge in [-0.05, 0) is 12.1 Å². The molecule has 1 fully saturated rings. The highest BCUT2D eigenvalue weighted by atomic mass is 16.5. The van der Waals surface area contributed by atoms with Crippen molar-refractivity contribution >= 4 is 17.4 Å². The number of nitrogens with zero attached hydrogens (tertiary/aromatic N) is 2. The van der Waals surface area contributed by atoms with E-state index in [-0.39, 0.29) is 18.3 Å². The molecule has 2 aliphatic heterocycles. The second-order valence-corrected chi connectivity index (χ2v) is 5.41. The Morgan fingerprint density at radius 1 is 1.26 bits per heavy atom. The lowest BCUT2D eigenvalue weighted by molar-refractivity contribution is -0.137. The van der Waals surface area contributed by atoms with Crippen molar-refractivity contribution in [2.24, 2.45) is 5.10 Å². The number of carbonyl (C=O) groups is 2. The van der Waals surface area contributed by atoms with Gasteiger partial charge in [0, 0.05) is 19.5 Å². The fraction of sp³-hybridized carbons (Fsp3) is 0.438. The Morgan fingerprint density at radius 3 is 2.74 bits per heavy atom. The number of hydrazone groups is 1. The monoisotopic (exact) mass is 317 g/mol. The minimum Gasteiger partial charge on any atom is -0.485 e. The minimum atomic E-state index is -0.469. The number of hydrogen-bond acceptors (Lipinski definition) is 6. The van der Waals surface area contributed by atoms with E-state index >= 15 is 0 Å². The lowest BCUT2D eigenvalue weighted by Crippen LogP contribution is -2.48. The Bertz CT molecular complexity index is 597. The van der Waals surface area contributed by atoms with E-state index in [2.05, 4.69) is 10.5 Å². The molecule has 1 N–H and O–H groups in total. The highest BCUT2D eigenvalue weighted by molar-refractivity contribution is 6.41. The van der Waals surface area contributed by atoms with Crippen LogP contribution in [-0.4, -0.2) is 61.3 Å². The van der Waals surface area contributed by atoms with Crippen LogP contribution in [0.15, 0.2) is 35.4 Å². The van der Waals surface area contributed by atoms with Crippen molar-refractivity contribution in [3.63, 3.8) is 0 Å². The van der Waals surface area contributed by atoms with Gasteiger partial charge in [-0.2, -0.15) is 5.10 Å². The van der Waals surface area contributed by atoms with Gasteiger partial charge >= 0.3 is 0 Å². The third-order valence-corrected chi connectivity index (χ3v) is 3.81. The van der Waals surface area contributed by atoms with Crippen LogP contribution in [0.4, 0.5) is 0 Å². The largest absolute Gasteiger partial charge is 0.485 e. The molecule has 0 aromatic heterocycles. The molecule has 0 aliphatic carbocycles. The van der Waals surface area contributed by atoms with Gasteiger partial charge in [0.15, 0.2) is 6.61 Å². The number of ether oxygens (including phenoxy) is 2. The van der Waals surface area contributed by atoms with Crippen LogP contribution in [0.25, 0.3) is 0 Å². The molecule has 0 bridgehead atoms. The predicted octanol–water partition coefficient (Wildman–Crippen LogP) is 0.211. The number of morpholine rings is 1. The summed E-state index contributed by atoms with van der Waals surface area (Å²) in [4.78, 5) is 26.2. The Labute approximate surface area is 134 Å². The van der Waals surface area contributed by atoms with Crippen LogP contribution in [0.3, 0.4) is 0 Å². The molecule has 1 unspecified atom stereocenters. The molecule has 1 atom stereocenters. The van der Waals surface area contributed by atoms with E-state index in [1.807, 2.05) is 18.2 Å². The third-order valence-electron chi connectivity index (χ3n) is 3.81. The summed E-state index contributed by atoms with van der Waals surface area (Å²) in [6, 6.07) is 8.65. The van der Waals surface area contributed by atoms with Crippen LogP contribution in [0.1, 0.15) is 6.42 Å². The normalized spacial score (nSPS) is 20.6. The first-order chi connectivity index (χ1) is 11.2. The number of benzene rings is 1. The Hall–Kier alpha value is -2.41. The average Bonchev–Trinajstić information content (AvgIpc) is 3.11. The van der Waals surface area contributed by atoms with E-state index < -0.39 is 6.04 Å². The summed E-state index contributed by atoms with van der Waals surface area (Å²) in [7, 11) is 0. The molecule has 23 heavy (non-hydrogen) atoms. The molecular formula is C16H19N3O4. The van der Waals surface area contributed by atoms with Gasteiger partial charge in [0.25, 0.3) is 0 Å². The number of para-hydroxylation sites is 1. The van der Waals surface area contributed by atoms with Crippen molar-refractivity contribution in [2.75, 3.05) is 32.9 Å². The maximum absolute atomic E-state index is 12.3. The third kappa shape index (κ3) is 3.87. The quantitative estimate of drug-likeness (QED) is 0.840. The maximum atomic E-state index is 12.3. The highest BCUT2D eigenvalue weighted by Gasteiger charge is 2.32. The molecule has 1 saturated heterocycles. The van der Waals surface area contributed by atoms with Crippen molar-refractivity contribution in [3.8, 4) is 5.75 Å². The summed E-state index contributed by atoms with van der Waals surface area (Å²) >= 11 is 0. The number of carbonyl (C=O) groups excluding carboxylic acids is 2. The standard InChI is InChI=1S/C16H19N3O4/c20-15(11-23-12-4-2-1-3-5-12)13-10-14(18-17-13)16(21)19-6-8-22-9-7-19/h1-5,14,18H,6-11H2. The van der Waals surface area contributed by atoms with Gasteiger partial charge in [0.1, 0.15) is 17.5 Å². The Balaban J connectivity index is 1.48. The van der Waals surface area contributed by atoms with Crippen LogP contribution in [0, 0.1) is 0 Å². The van der Waals surface area contributed by atoms with Crippen LogP contribution in [0.2, 0.25) is 0 Å². The molecule has 2 aliphatic rings. The number of rotatable bonds is 5. The molecule has 7 nitrogen and oxygen atoms in total. The fourth-order valence-electron chi connectivity index (χ4n) is 2.51. The first kappa shape index (κ1) is 15.5. The van der Waals surface area contributed by atoms with Crippen LogP contribution < -0.4 is 10.2 Å². The van der Waals surface area contributed by atoms with Gasteiger partial charge in [0.05, 0.1) is 13.2 Å². The summed E-state index contributed by atoms with van der Waals surface area (Å²) < 4.78 is 10.7. The summed E-state index contributed by atoms with van der Waals surface area (Å²) in [5.41, 5.74) is 3.12. The molecule has 0 spiro atoms. The average molecular weight is 317 g/mol. The van der Waals surface area contributed by atoms with Crippen molar-refractivity contribution in [3.05, 3.63) is 30.3 Å². The van der Waals surface area contributed by atoms with E-state index in [1.165, 1.54) is 0 Å². The molecule has 2 heterocycles. The molecule has 1 aromatic rings. The molecule has 3 rings (SSSR count). The van der Waals surface area contributed by atoms with Gasteiger partial charge < -0.3 is 14.4 Å². The molecule has 122 valence electrons. The molecule has 7 heteroatoms. The van der Waals surface area contributed by atoms with Crippen molar-refractivity contribution in [1.82, 2.24) is 10.3 Å².